The van der Waals surface area contributed by atoms with Crippen molar-refractivity contribution in [3.8, 4) is 0 Å². The molecule has 7 heteroatoms. The fraction of sp³-hybridized carbons (Fsp3) is 0.381. The molecule has 0 aromatic heterocycles. The molecule has 1 heterocycles. The van der Waals surface area contributed by atoms with Crippen molar-refractivity contribution in [1.82, 2.24) is 0 Å². The Kier molecular flexibility index (Phi) is 10.0. The number of likely N-dealkylation sites (N-methyl/N-ethyl adjacent to an activating group) is 1. The monoisotopic (exact) mass is 501 g/mol. The minimum Gasteiger partial charge on any atom is -0.546 e. The first-order chi connectivity index (χ1) is 12.9. The molecule has 0 atom stereocenters. The number of rotatable bonds is 5. The molecular formula is C21H28INO5. The van der Waals surface area contributed by atoms with Crippen LogP contribution in [-0.2, 0) is 15.1 Å². The topological polar surface area (TPSA) is 89.8 Å². The van der Waals surface area contributed by atoms with Crippen LogP contribution in [0.2, 0.25) is 0 Å². The first kappa shape index (κ1) is 24.5. The van der Waals surface area contributed by atoms with Crippen molar-refractivity contribution in [2.75, 3.05) is 46.5 Å². The number of nitrogens with zero attached hydrogens (tertiary/aromatic N) is 1. The molecule has 28 heavy (non-hydrogen) atoms. The summed E-state index contributed by atoms with van der Waals surface area (Å²) < 4.78 is 6.18. The van der Waals surface area contributed by atoms with Gasteiger partial charge in [0.05, 0.1) is 32.8 Å². The normalized spacial score (nSPS) is 15.5. The van der Waals surface area contributed by atoms with Gasteiger partial charge in [0.15, 0.2) is 5.60 Å². The molecule has 6 nitrogen and oxygen atoms in total. The third-order valence-electron chi connectivity index (χ3n) is 4.87. The van der Waals surface area contributed by atoms with Gasteiger partial charge in [-0.15, -0.1) is 24.0 Å². The molecule has 154 valence electrons. The van der Waals surface area contributed by atoms with E-state index in [9.17, 15) is 15.0 Å². The van der Waals surface area contributed by atoms with Crippen LogP contribution in [0.1, 0.15) is 11.1 Å². The molecule has 1 fully saturated rings. The number of hydrogen-bond acceptors (Lipinski definition) is 5. The highest BCUT2D eigenvalue weighted by Crippen LogP contribution is 2.28. The van der Waals surface area contributed by atoms with E-state index >= 15 is 0 Å². The number of carboxylic acids is 1. The number of quaternary nitrogens is 1. The molecular weight excluding hydrogens is 473 g/mol. The molecule has 2 aromatic rings. The van der Waals surface area contributed by atoms with Crippen molar-refractivity contribution < 1.29 is 29.3 Å². The highest BCUT2D eigenvalue weighted by atomic mass is 127. The molecule has 0 spiro atoms. The van der Waals surface area contributed by atoms with E-state index in [1.54, 1.807) is 60.7 Å². The van der Waals surface area contributed by atoms with Crippen LogP contribution in [0.25, 0.3) is 0 Å². The number of carbonyl (C=O) groups is 1. The van der Waals surface area contributed by atoms with E-state index in [0.717, 1.165) is 37.3 Å². The largest absolute Gasteiger partial charge is 0.546 e. The number of morpholine rings is 1. The second-order valence-electron chi connectivity index (χ2n) is 6.86. The lowest BCUT2D eigenvalue weighted by atomic mass is 9.86. The molecule has 2 N–H and O–H groups in total. The lowest BCUT2D eigenvalue weighted by molar-refractivity contribution is -0.917. The third-order valence-corrected chi connectivity index (χ3v) is 4.87. The number of aliphatic carboxylic acids is 1. The molecule has 0 bridgehead atoms. The molecule has 0 aliphatic carbocycles. The summed E-state index contributed by atoms with van der Waals surface area (Å²) >= 11 is 0. The van der Waals surface area contributed by atoms with Gasteiger partial charge < -0.3 is 29.3 Å². The number of hydrogen-bond donors (Lipinski definition) is 2. The Labute approximate surface area is 183 Å². The highest BCUT2D eigenvalue weighted by molar-refractivity contribution is 14.0. The Bertz CT molecular complexity index is 660. The average Bonchev–Trinajstić information content (AvgIpc) is 2.69. The number of ether oxygens (including phenoxy) is 1. The smallest absolute Gasteiger partial charge is 0.154 e. The Hall–Kier alpha value is -1.52. The summed E-state index contributed by atoms with van der Waals surface area (Å²) in [5, 5.41) is 30.4. The number of benzene rings is 2. The second-order valence-corrected chi connectivity index (χ2v) is 6.86. The lowest BCUT2D eigenvalue weighted by Crippen LogP contribution is -2.53. The Morgan fingerprint density at radius 1 is 1.04 bits per heavy atom. The maximum absolute atomic E-state index is 11.3. The molecule has 0 unspecified atom stereocenters. The van der Waals surface area contributed by atoms with Crippen LogP contribution in [0.3, 0.4) is 0 Å². The molecule has 0 amide bonds. The number of halogens is 1. The molecule has 1 saturated heterocycles. The maximum Gasteiger partial charge on any atom is 0.154 e. The molecule has 3 rings (SSSR count). The number of carbonyl (C=O) groups excluding carboxylic acids is 1. The first-order valence-electron chi connectivity index (χ1n) is 8.99. The van der Waals surface area contributed by atoms with Crippen molar-refractivity contribution in [3.63, 3.8) is 0 Å². The van der Waals surface area contributed by atoms with Crippen LogP contribution in [0.4, 0.5) is 0 Å². The van der Waals surface area contributed by atoms with Crippen LogP contribution in [0.5, 0.6) is 0 Å². The van der Waals surface area contributed by atoms with Crippen LogP contribution in [-0.4, -0.2) is 67.2 Å². The van der Waals surface area contributed by atoms with E-state index in [2.05, 4.69) is 7.05 Å². The molecule has 1 aliphatic heterocycles. The van der Waals surface area contributed by atoms with Crippen molar-refractivity contribution in [1.29, 1.82) is 0 Å². The number of aliphatic hydroxyl groups is 2. The predicted molar refractivity (Wildman–Crippen MR) is 115 cm³/mol. The lowest BCUT2D eigenvalue weighted by Gasteiger charge is -2.36. The van der Waals surface area contributed by atoms with Gasteiger partial charge in [0.25, 0.3) is 0 Å². The summed E-state index contributed by atoms with van der Waals surface area (Å²) in [4.78, 5) is 11.3. The summed E-state index contributed by atoms with van der Waals surface area (Å²) in [5.74, 6) is -1.53. The second kappa shape index (κ2) is 11.5. The van der Waals surface area contributed by atoms with E-state index in [4.69, 9.17) is 9.84 Å². The summed E-state index contributed by atoms with van der Waals surface area (Å²) in [5.41, 5.74) is -1.54. The van der Waals surface area contributed by atoms with Crippen molar-refractivity contribution >= 4 is 29.9 Å². The Morgan fingerprint density at radius 2 is 1.46 bits per heavy atom. The van der Waals surface area contributed by atoms with Gasteiger partial charge in [-0.25, -0.2) is 0 Å². The van der Waals surface area contributed by atoms with E-state index < -0.39 is 11.6 Å². The van der Waals surface area contributed by atoms with Gasteiger partial charge in [0.2, 0.25) is 0 Å². The van der Waals surface area contributed by atoms with Crippen molar-refractivity contribution in [2.24, 2.45) is 0 Å². The van der Waals surface area contributed by atoms with E-state index in [1.165, 1.54) is 0 Å². The minimum atomic E-state index is -2.11. The van der Waals surface area contributed by atoms with E-state index in [0.29, 0.717) is 0 Å². The van der Waals surface area contributed by atoms with Gasteiger partial charge in [0.1, 0.15) is 19.6 Å². The van der Waals surface area contributed by atoms with Gasteiger partial charge >= 0.3 is 0 Å². The van der Waals surface area contributed by atoms with Crippen molar-refractivity contribution in [3.05, 3.63) is 71.8 Å². The Balaban J connectivity index is 0.000000307. The molecule has 0 saturated carbocycles. The standard InChI is InChI=1S/C14H12O3.C7H16NO2.HI/c15-13(16)14(17,11-7-3-1-4-8-11)12-9-5-2-6-10-12;1-8(2-5-9)3-6-10-7-4-8;/h1-10,17H,(H,15,16);9H,2-7H2,1H3;1H/q;+1;/p-1. The maximum atomic E-state index is 11.3. The van der Waals surface area contributed by atoms with Crippen molar-refractivity contribution in [2.45, 2.75) is 5.60 Å². The molecule has 2 aromatic carbocycles. The zero-order valence-corrected chi connectivity index (χ0v) is 18.3. The fourth-order valence-electron chi connectivity index (χ4n) is 3.01. The zero-order chi connectivity index (χ0) is 19.8. The van der Waals surface area contributed by atoms with Gasteiger partial charge in [-0.3, -0.25) is 0 Å². The van der Waals surface area contributed by atoms with Gasteiger partial charge in [-0.2, -0.15) is 0 Å². The quantitative estimate of drug-likeness (QED) is 0.467. The molecule has 0 radical (unpaired) electrons. The first-order valence-corrected chi connectivity index (χ1v) is 8.99. The number of aliphatic hydroxyl groups excluding tert-OH is 1. The van der Waals surface area contributed by atoms with E-state index in [1.807, 2.05) is 0 Å². The van der Waals surface area contributed by atoms with Gasteiger partial charge in [0, 0.05) is 0 Å². The summed E-state index contributed by atoms with van der Waals surface area (Å²) in [7, 11) is 2.17. The van der Waals surface area contributed by atoms with Crippen LogP contribution in [0.15, 0.2) is 60.7 Å². The third kappa shape index (κ3) is 6.25. The SMILES string of the molecule is C[N+]1(CCO)CCOCC1.I.O=C([O-])C(O)(c1ccccc1)c1ccccc1. The Morgan fingerprint density at radius 3 is 1.82 bits per heavy atom. The summed E-state index contributed by atoms with van der Waals surface area (Å²) in [6, 6.07) is 16.4. The summed E-state index contributed by atoms with van der Waals surface area (Å²) in [6.45, 7) is 4.92. The summed E-state index contributed by atoms with van der Waals surface area (Å²) in [6.07, 6.45) is 0. The fourth-order valence-corrected chi connectivity index (χ4v) is 3.01. The average molecular weight is 501 g/mol. The minimum absolute atomic E-state index is 0. The highest BCUT2D eigenvalue weighted by Gasteiger charge is 2.32. The van der Waals surface area contributed by atoms with Crippen LogP contribution < -0.4 is 5.11 Å². The van der Waals surface area contributed by atoms with Gasteiger partial charge in [-0.05, 0) is 11.1 Å². The van der Waals surface area contributed by atoms with Gasteiger partial charge in [-0.1, -0.05) is 60.7 Å². The zero-order valence-electron chi connectivity index (χ0n) is 16.0. The predicted octanol–water partition coefficient (Wildman–Crippen LogP) is 0.746. The van der Waals surface area contributed by atoms with Crippen LogP contribution >= 0.6 is 24.0 Å². The van der Waals surface area contributed by atoms with E-state index in [-0.39, 0.29) is 41.7 Å². The number of carboxylic acid groups (broad SMARTS) is 1. The molecule has 1 aliphatic rings. The van der Waals surface area contributed by atoms with Crippen LogP contribution in [0, 0.1) is 0 Å².